The standard InChI is InChI=1S/C20H32O7S/c1-15-17-6-5-16(27-12-11-26-10-9-25-8-7-24-4)13-18(17)28(22,23)14-20(2,3)19(15)21/h5-6,13,15,19,21H,7-12,14H2,1-4H3/t15-,19-/m1/s1. The molecule has 8 heteroatoms. The van der Waals surface area contributed by atoms with E-state index >= 15 is 0 Å². The Labute approximate surface area is 167 Å². The summed E-state index contributed by atoms with van der Waals surface area (Å²) in [4.78, 5) is 0.245. The van der Waals surface area contributed by atoms with E-state index in [9.17, 15) is 13.5 Å². The fourth-order valence-electron chi connectivity index (χ4n) is 3.43. The second-order valence-electron chi connectivity index (χ2n) is 7.75. The molecule has 2 rings (SSSR count). The van der Waals surface area contributed by atoms with Gasteiger partial charge in [-0.25, -0.2) is 8.42 Å². The lowest BCUT2D eigenvalue weighted by molar-refractivity contribution is 0.0179. The van der Waals surface area contributed by atoms with Gasteiger partial charge in [-0.1, -0.05) is 26.8 Å². The molecule has 2 atom stereocenters. The van der Waals surface area contributed by atoms with Crippen LogP contribution in [0.2, 0.25) is 0 Å². The summed E-state index contributed by atoms with van der Waals surface area (Å²) in [6, 6.07) is 5.04. The van der Waals surface area contributed by atoms with Crippen LogP contribution in [0.15, 0.2) is 23.1 Å². The van der Waals surface area contributed by atoms with E-state index in [1.807, 2.05) is 6.92 Å². The summed E-state index contributed by atoms with van der Waals surface area (Å²) >= 11 is 0. The van der Waals surface area contributed by atoms with E-state index in [-0.39, 0.29) is 16.6 Å². The maximum atomic E-state index is 12.9. The summed E-state index contributed by atoms with van der Waals surface area (Å²) in [6.07, 6.45) is -0.741. The lowest BCUT2D eigenvalue weighted by Gasteiger charge is -2.31. The number of hydrogen-bond donors (Lipinski definition) is 1. The molecule has 28 heavy (non-hydrogen) atoms. The minimum absolute atomic E-state index is 0.103. The van der Waals surface area contributed by atoms with Crippen molar-refractivity contribution < 1.29 is 32.5 Å². The van der Waals surface area contributed by atoms with Crippen molar-refractivity contribution in [1.82, 2.24) is 0 Å². The molecule has 1 aromatic carbocycles. The lowest BCUT2D eigenvalue weighted by Crippen LogP contribution is -2.36. The van der Waals surface area contributed by atoms with Crippen molar-refractivity contribution in [2.45, 2.75) is 37.7 Å². The molecule has 1 N–H and O–H groups in total. The summed E-state index contributed by atoms with van der Waals surface area (Å²) in [7, 11) is -1.90. The van der Waals surface area contributed by atoms with E-state index in [2.05, 4.69) is 0 Å². The molecule has 0 aliphatic carbocycles. The fourth-order valence-corrected chi connectivity index (χ4v) is 5.65. The molecule has 0 amide bonds. The normalized spacial score (nSPS) is 23.0. The van der Waals surface area contributed by atoms with E-state index in [4.69, 9.17) is 18.9 Å². The van der Waals surface area contributed by atoms with Gasteiger partial charge in [0.05, 0.1) is 49.8 Å². The highest BCUT2D eigenvalue weighted by Gasteiger charge is 2.42. The highest BCUT2D eigenvalue weighted by molar-refractivity contribution is 7.91. The van der Waals surface area contributed by atoms with Crippen LogP contribution in [-0.4, -0.2) is 72.1 Å². The molecule has 0 unspecified atom stereocenters. The van der Waals surface area contributed by atoms with Gasteiger partial charge < -0.3 is 24.1 Å². The number of hydrogen-bond acceptors (Lipinski definition) is 7. The van der Waals surface area contributed by atoms with Gasteiger partial charge >= 0.3 is 0 Å². The molecular weight excluding hydrogens is 384 g/mol. The van der Waals surface area contributed by atoms with Crippen LogP contribution < -0.4 is 4.74 Å². The van der Waals surface area contributed by atoms with Gasteiger partial charge in [0.25, 0.3) is 0 Å². The van der Waals surface area contributed by atoms with Crippen LogP contribution in [0.3, 0.4) is 0 Å². The largest absolute Gasteiger partial charge is 0.491 e. The zero-order valence-electron chi connectivity index (χ0n) is 17.1. The second kappa shape index (κ2) is 10.0. The van der Waals surface area contributed by atoms with E-state index in [0.29, 0.717) is 51.0 Å². The molecule has 0 spiro atoms. The lowest BCUT2D eigenvalue weighted by atomic mass is 9.79. The predicted molar refractivity (Wildman–Crippen MR) is 106 cm³/mol. The third kappa shape index (κ3) is 5.90. The monoisotopic (exact) mass is 416 g/mol. The van der Waals surface area contributed by atoms with Gasteiger partial charge in [-0.15, -0.1) is 0 Å². The number of benzene rings is 1. The first-order valence-corrected chi connectivity index (χ1v) is 11.2. The van der Waals surface area contributed by atoms with Gasteiger partial charge in [0, 0.05) is 18.4 Å². The number of methoxy groups -OCH3 is 1. The zero-order chi connectivity index (χ0) is 20.8. The summed E-state index contributed by atoms with van der Waals surface area (Å²) in [5.74, 6) is 0.0927. The summed E-state index contributed by atoms with van der Waals surface area (Å²) in [5.41, 5.74) is -0.0906. The van der Waals surface area contributed by atoms with Crippen LogP contribution in [0.4, 0.5) is 0 Å². The molecular formula is C20H32O7S. The number of sulfone groups is 1. The first-order valence-electron chi connectivity index (χ1n) is 9.51. The number of ether oxygens (including phenoxy) is 4. The molecule has 7 nitrogen and oxygen atoms in total. The van der Waals surface area contributed by atoms with E-state index < -0.39 is 21.4 Å². The maximum Gasteiger partial charge on any atom is 0.179 e. The Morgan fingerprint density at radius 1 is 1.07 bits per heavy atom. The van der Waals surface area contributed by atoms with Crippen molar-refractivity contribution in [3.63, 3.8) is 0 Å². The Hall–Kier alpha value is -1.19. The summed E-state index contributed by atoms with van der Waals surface area (Å²) in [6.45, 7) is 8.12. The number of aliphatic hydroxyl groups is 1. The van der Waals surface area contributed by atoms with Crippen molar-refractivity contribution in [1.29, 1.82) is 0 Å². The van der Waals surface area contributed by atoms with Crippen molar-refractivity contribution in [2.75, 3.05) is 52.5 Å². The third-order valence-electron chi connectivity index (χ3n) is 4.95. The van der Waals surface area contributed by atoms with Gasteiger partial charge in [0.2, 0.25) is 0 Å². The molecule has 1 heterocycles. The van der Waals surface area contributed by atoms with E-state index in [1.165, 1.54) is 0 Å². The molecule has 0 fully saturated rings. The molecule has 1 aliphatic heterocycles. The van der Waals surface area contributed by atoms with Crippen molar-refractivity contribution in [2.24, 2.45) is 5.41 Å². The highest BCUT2D eigenvalue weighted by Crippen LogP contribution is 2.42. The van der Waals surface area contributed by atoms with Crippen molar-refractivity contribution >= 4 is 9.84 Å². The smallest absolute Gasteiger partial charge is 0.179 e. The average Bonchev–Trinajstić information content (AvgIpc) is 2.68. The molecule has 0 saturated heterocycles. The van der Waals surface area contributed by atoms with Crippen molar-refractivity contribution in [3.05, 3.63) is 23.8 Å². The van der Waals surface area contributed by atoms with Gasteiger partial charge in [-0.3, -0.25) is 0 Å². The Morgan fingerprint density at radius 3 is 2.32 bits per heavy atom. The summed E-state index contributed by atoms with van der Waals surface area (Å²) in [5, 5.41) is 10.6. The second-order valence-corrected chi connectivity index (χ2v) is 9.70. The highest BCUT2D eigenvalue weighted by atomic mass is 32.2. The first-order chi connectivity index (χ1) is 13.2. The van der Waals surface area contributed by atoms with Gasteiger partial charge in [-0.05, 0) is 17.7 Å². The van der Waals surface area contributed by atoms with Crippen LogP contribution in [0.25, 0.3) is 0 Å². The van der Waals surface area contributed by atoms with Crippen molar-refractivity contribution in [3.8, 4) is 5.75 Å². The molecule has 0 saturated carbocycles. The predicted octanol–water partition coefficient (Wildman–Crippen LogP) is 2.02. The molecule has 0 aromatic heterocycles. The Balaban J connectivity index is 1.93. The molecule has 0 radical (unpaired) electrons. The van der Waals surface area contributed by atoms with Gasteiger partial charge in [-0.2, -0.15) is 0 Å². The van der Waals surface area contributed by atoms with E-state index in [1.54, 1.807) is 39.2 Å². The number of rotatable bonds is 10. The quantitative estimate of drug-likeness (QED) is 0.584. The van der Waals surface area contributed by atoms with Crippen LogP contribution in [-0.2, 0) is 24.0 Å². The molecule has 1 aliphatic rings. The van der Waals surface area contributed by atoms with Gasteiger partial charge in [0.15, 0.2) is 9.84 Å². The topological polar surface area (TPSA) is 91.3 Å². The average molecular weight is 417 g/mol. The molecule has 160 valence electrons. The number of aliphatic hydroxyl groups excluding tert-OH is 1. The van der Waals surface area contributed by atoms with Crippen LogP contribution in [0, 0.1) is 5.41 Å². The van der Waals surface area contributed by atoms with Crippen LogP contribution in [0.5, 0.6) is 5.75 Å². The Kier molecular flexibility index (Phi) is 8.27. The SMILES string of the molecule is COCCOCCOCCOc1ccc2c(c1)S(=O)(=O)CC(C)(C)[C@H](O)[C@@H]2C. The molecule has 0 bridgehead atoms. The number of fused-ring (bicyclic) bond motifs is 1. The summed E-state index contributed by atoms with van der Waals surface area (Å²) < 4.78 is 47.0. The minimum Gasteiger partial charge on any atom is -0.491 e. The Bertz CT molecular complexity index is 730. The zero-order valence-corrected chi connectivity index (χ0v) is 18.0. The van der Waals surface area contributed by atoms with E-state index in [0.717, 1.165) is 0 Å². The third-order valence-corrected chi connectivity index (χ3v) is 7.09. The first kappa shape index (κ1) is 23.1. The van der Waals surface area contributed by atoms with Gasteiger partial charge in [0.1, 0.15) is 12.4 Å². The maximum absolute atomic E-state index is 12.9. The Morgan fingerprint density at radius 2 is 1.68 bits per heavy atom. The van der Waals surface area contributed by atoms with Crippen LogP contribution in [0.1, 0.15) is 32.3 Å². The molecule has 1 aromatic rings. The van der Waals surface area contributed by atoms with Crippen LogP contribution >= 0.6 is 0 Å². The minimum atomic E-state index is -3.52. The fraction of sp³-hybridized carbons (Fsp3) is 0.700.